The van der Waals surface area contributed by atoms with E-state index in [1.807, 2.05) is 29.2 Å². The van der Waals surface area contributed by atoms with Crippen LogP contribution in [0.5, 0.6) is 0 Å². The number of guanidine groups is 1. The van der Waals surface area contributed by atoms with Gasteiger partial charge in [0.05, 0.1) is 0 Å². The Labute approximate surface area is 168 Å². The quantitative estimate of drug-likeness (QED) is 0.326. The second-order valence-electron chi connectivity index (χ2n) is 7.00. The summed E-state index contributed by atoms with van der Waals surface area (Å²) < 4.78 is 5.56. The molecule has 0 radical (unpaired) electrons. The third-order valence-corrected chi connectivity index (χ3v) is 4.66. The van der Waals surface area contributed by atoms with E-state index in [-0.39, 0.29) is 6.03 Å². The summed E-state index contributed by atoms with van der Waals surface area (Å²) in [6, 6.07) is 7.90. The first kappa shape index (κ1) is 22.0. The van der Waals surface area contributed by atoms with Gasteiger partial charge in [-0.3, -0.25) is 4.99 Å². The lowest BCUT2D eigenvalue weighted by molar-refractivity contribution is 0.129. The summed E-state index contributed by atoms with van der Waals surface area (Å²) in [4.78, 5) is 18.3. The normalized spacial score (nSPS) is 14.2. The Bertz CT molecular complexity index is 615. The number of hydrogen-bond donors (Lipinski definition) is 3. The maximum atomic E-state index is 12.2. The van der Waals surface area contributed by atoms with Crippen LogP contribution in [0, 0.1) is 0 Å². The lowest BCUT2D eigenvalue weighted by Crippen LogP contribution is -2.37. The van der Waals surface area contributed by atoms with Crippen LogP contribution in [-0.4, -0.2) is 56.8 Å². The first-order valence-corrected chi connectivity index (χ1v) is 10.4. The Morgan fingerprint density at radius 3 is 2.71 bits per heavy atom. The van der Waals surface area contributed by atoms with E-state index >= 15 is 0 Å². The third-order valence-electron chi connectivity index (χ3n) is 4.66. The number of rotatable bonds is 10. The fourth-order valence-corrected chi connectivity index (χ4v) is 3.02. The van der Waals surface area contributed by atoms with Crippen molar-refractivity contribution in [2.24, 2.45) is 4.99 Å². The van der Waals surface area contributed by atoms with Gasteiger partial charge in [-0.2, -0.15) is 0 Å². The zero-order valence-corrected chi connectivity index (χ0v) is 17.3. The molecule has 1 aromatic rings. The third kappa shape index (κ3) is 8.17. The minimum atomic E-state index is -0.0127. The Morgan fingerprint density at radius 2 is 1.96 bits per heavy atom. The molecule has 7 heteroatoms. The van der Waals surface area contributed by atoms with E-state index in [9.17, 15) is 4.79 Å². The zero-order chi connectivity index (χ0) is 20.0. The van der Waals surface area contributed by atoms with E-state index in [1.165, 1.54) is 0 Å². The molecule has 1 heterocycles. The fourth-order valence-electron chi connectivity index (χ4n) is 3.02. The van der Waals surface area contributed by atoms with Crippen molar-refractivity contribution in [1.29, 1.82) is 0 Å². The first-order chi connectivity index (χ1) is 13.7. The lowest BCUT2D eigenvalue weighted by Gasteiger charge is -2.17. The molecule has 1 aromatic carbocycles. The Hall–Kier alpha value is -2.28. The molecule has 156 valence electrons. The molecular weight excluding hydrogens is 354 g/mol. The van der Waals surface area contributed by atoms with Crippen molar-refractivity contribution in [1.82, 2.24) is 15.5 Å². The standard InChI is InChI=1S/C21H35N5O2/c1-3-4-14-28-15-8-11-23-20(22-2)24-17-18-9-7-10-19(16-18)25-21(27)26-12-5-6-13-26/h7,9-10,16H,3-6,8,11-15,17H2,1-2H3,(H,25,27)(H2,22,23,24). The Kier molecular flexibility index (Phi) is 10.2. The summed E-state index contributed by atoms with van der Waals surface area (Å²) in [6.07, 6.45) is 5.41. The molecule has 3 N–H and O–H groups in total. The average molecular weight is 390 g/mol. The summed E-state index contributed by atoms with van der Waals surface area (Å²) in [5.41, 5.74) is 1.91. The number of amides is 2. The number of unbranched alkanes of at least 4 members (excludes halogenated alkanes) is 1. The second kappa shape index (κ2) is 13.0. The van der Waals surface area contributed by atoms with Gasteiger partial charge in [0.1, 0.15) is 0 Å². The fraction of sp³-hybridized carbons (Fsp3) is 0.619. The van der Waals surface area contributed by atoms with Crippen molar-refractivity contribution in [3.63, 3.8) is 0 Å². The van der Waals surface area contributed by atoms with Gasteiger partial charge in [0.2, 0.25) is 0 Å². The van der Waals surface area contributed by atoms with Gasteiger partial charge in [-0.15, -0.1) is 0 Å². The number of hydrogen-bond acceptors (Lipinski definition) is 3. The number of likely N-dealkylation sites (tertiary alicyclic amines) is 1. The zero-order valence-electron chi connectivity index (χ0n) is 17.3. The molecule has 0 bridgehead atoms. The molecule has 28 heavy (non-hydrogen) atoms. The van der Waals surface area contributed by atoms with Crippen LogP contribution in [0.1, 0.15) is 44.6 Å². The van der Waals surface area contributed by atoms with Gasteiger partial charge in [0.25, 0.3) is 0 Å². The molecule has 1 fully saturated rings. The van der Waals surface area contributed by atoms with E-state index in [0.29, 0.717) is 6.54 Å². The highest BCUT2D eigenvalue weighted by atomic mass is 16.5. The summed E-state index contributed by atoms with van der Waals surface area (Å²) in [6.45, 7) is 6.92. The molecule has 0 unspecified atom stereocenters. The van der Waals surface area contributed by atoms with Crippen LogP contribution in [0.25, 0.3) is 0 Å². The van der Waals surface area contributed by atoms with E-state index in [2.05, 4.69) is 27.9 Å². The highest BCUT2D eigenvalue weighted by Gasteiger charge is 2.17. The highest BCUT2D eigenvalue weighted by molar-refractivity contribution is 5.89. The Morgan fingerprint density at radius 1 is 1.18 bits per heavy atom. The van der Waals surface area contributed by atoms with Gasteiger partial charge in [0, 0.05) is 52.1 Å². The van der Waals surface area contributed by atoms with E-state index in [0.717, 1.165) is 82.2 Å². The minimum Gasteiger partial charge on any atom is -0.381 e. The van der Waals surface area contributed by atoms with Crippen LogP contribution in [-0.2, 0) is 11.3 Å². The molecule has 0 aliphatic carbocycles. The van der Waals surface area contributed by atoms with Crippen molar-refractivity contribution in [3.8, 4) is 0 Å². The molecule has 0 atom stereocenters. The van der Waals surface area contributed by atoms with Crippen LogP contribution < -0.4 is 16.0 Å². The number of benzene rings is 1. The molecule has 7 nitrogen and oxygen atoms in total. The largest absolute Gasteiger partial charge is 0.381 e. The number of carbonyl (C=O) groups is 1. The van der Waals surface area contributed by atoms with Crippen molar-refractivity contribution in [3.05, 3.63) is 29.8 Å². The van der Waals surface area contributed by atoms with Gasteiger partial charge < -0.3 is 25.6 Å². The van der Waals surface area contributed by atoms with Crippen LogP contribution >= 0.6 is 0 Å². The lowest BCUT2D eigenvalue weighted by atomic mass is 10.2. The molecule has 2 rings (SSSR count). The minimum absolute atomic E-state index is 0.0127. The van der Waals surface area contributed by atoms with E-state index < -0.39 is 0 Å². The molecular formula is C21H35N5O2. The van der Waals surface area contributed by atoms with Gasteiger partial charge >= 0.3 is 6.03 Å². The molecule has 0 saturated carbocycles. The summed E-state index contributed by atoms with van der Waals surface area (Å²) >= 11 is 0. The predicted molar refractivity (Wildman–Crippen MR) is 115 cm³/mol. The number of nitrogens with zero attached hydrogens (tertiary/aromatic N) is 2. The van der Waals surface area contributed by atoms with E-state index in [1.54, 1.807) is 7.05 Å². The SMILES string of the molecule is CCCCOCCCNC(=NC)NCc1cccc(NC(=O)N2CCCC2)c1. The van der Waals surface area contributed by atoms with Crippen molar-refractivity contribution in [2.75, 3.05) is 45.2 Å². The molecule has 0 spiro atoms. The molecule has 1 aliphatic heterocycles. The Balaban J connectivity index is 1.69. The molecule has 2 amide bonds. The van der Waals surface area contributed by atoms with Gasteiger partial charge in [-0.05, 0) is 43.4 Å². The molecule has 1 saturated heterocycles. The summed E-state index contributed by atoms with van der Waals surface area (Å²) in [7, 11) is 1.76. The number of nitrogens with one attached hydrogen (secondary N) is 3. The molecule has 1 aliphatic rings. The molecule has 0 aromatic heterocycles. The second-order valence-corrected chi connectivity index (χ2v) is 7.00. The monoisotopic (exact) mass is 389 g/mol. The maximum absolute atomic E-state index is 12.2. The van der Waals surface area contributed by atoms with Crippen molar-refractivity contribution in [2.45, 2.75) is 45.6 Å². The summed E-state index contributed by atoms with van der Waals surface area (Å²) in [5.74, 6) is 0.764. The number of carbonyl (C=O) groups excluding carboxylic acids is 1. The first-order valence-electron chi connectivity index (χ1n) is 10.4. The summed E-state index contributed by atoms with van der Waals surface area (Å²) in [5, 5.41) is 9.59. The van der Waals surface area contributed by atoms with E-state index in [4.69, 9.17) is 4.74 Å². The smallest absolute Gasteiger partial charge is 0.321 e. The topological polar surface area (TPSA) is 78.0 Å². The van der Waals surface area contributed by atoms with Crippen molar-refractivity contribution < 1.29 is 9.53 Å². The van der Waals surface area contributed by atoms with Crippen LogP contribution in [0.2, 0.25) is 0 Å². The van der Waals surface area contributed by atoms with Gasteiger partial charge in [-0.1, -0.05) is 25.5 Å². The van der Waals surface area contributed by atoms with Gasteiger partial charge in [0.15, 0.2) is 5.96 Å². The van der Waals surface area contributed by atoms with Crippen molar-refractivity contribution >= 4 is 17.7 Å². The number of ether oxygens (including phenoxy) is 1. The van der Waals surface area contributed by atoms with Crippen LogP contribution in [0.4, 0.5) is 10.5 Å². The number of urea groups is 1. The van der Waals surface area contributed by atoms with Crippen LogP contribution in [0.3, 0.4) is 0 Å². The van der Waals surface area contributed by atoms with Gasteiger partial charge in [-0.25, -0.2) is 4.79 Å². The number of anilines is 1. The van der Waals surface area contributed by atoms with Crippen LogP contribution in [0.15, 0.2) is 29.3 Å². The maximum Gasteiger partial charge on any atom is 0.321 e. The predicted octanol–water partition coefficient (Wildman–Crippen LogP) is 3.19. The average Bonchev–Trinajstić information content (AvgIpc) is 3.25. The highest BCUT2D eigenvalue weighted by Crippen LogP contribution is 2.14. The number of aliphatic imine (C=N–C) groups is 1.